The van der Waals surface area contributed by atoms with Gasteiger partial charge in [0, 0.05) is 23.0 Å². The van der Waals surface area contributed by atoms with Gasteiger partial charge >= 0.3 is 0 Å². The second-order valence-corrected chi connectivity index (χ2v) is 5.99. The van der Waals surface area contributed by atoms with Crippen molar-refractivity contribution in [2.24, 2.45) is 5.92 Å². The fraction of sp³-hybridized carbons (Fsp3) is 0.263. The molecule has 3 N–H and O–H groups in total. The minimum absolute atomic E-state index is 0.0201. The number of hydrogen-bond acceptors (Lipinski definition) is 3. The maximum Gasteiger partial charge on any atom is 0.243 e. The van der Waals surface area contributed by atoms with E-state index in [1.54, 1.807) is 12.1 Å². The molecule has 2 aromatic carbocycles. The quantitative estimate of drug-likeness (QED) is 0.759. The summed E-state index contributed by atoms with van der Waals surface area (Å²) in [5.41, 5.74) is 3.44. The number of aryl methyl sites for hydroxylation is 1. The van der Waals surface area contributed by atoms with E-state index in [1.165, 1.54) is 0 Å². The van der Waals surface area contributed by atoms with Gasteiger partial charge in [-0.2, -0.15) is 0 Å². The lowest BCUT2D eigenvalue weighted by Gasteiger charge is -2.10. The minimum atomic E-state index is -0.113. The van der Waals surface area contributed by atoms with Crippen molar-refractivity contribution in [3.05, 3.63) is 54.1 Å². The molecule has 0 spiro atoms. The van der Waals surface area contributed by atoms with Crippen LogP contribution in [-0.2, 0) is 9.59 Å². The maximum atomic E-state index is 12.0. The molecule has 0 unspecified atom stereocenters. The number of anilines is 3. The van der Waals surface area contributed by atoms with E-state index in [4.69, 9.17) is 0 Å². The van der Waals surface area contributed by atoms with Crippen LogP contribution in [0.25, 0.3) is 0 Å². The van der Waals surface area contributed by atoms with Crippen molar-refractivity contribution in [2.45, 2.75) is 20.8 Å². The van der Waals surface area contributed by atoms with E-state index in [-0.39, 0.29) is 24.3 Å². The molecule has 0 bridgehead atoms. The van der Waals surface area contributed by atoms with Gasteiger partial charge in [0.15, 0.2) is 0 Å². The largest absolute Gasteiger partial charge is 0.376 e. The summed E-state index contributed by atoms with van der Waals surface area (Å²) >= 11 is 0. The number of nitrogens with one attached hydrogen (secondary N) is 3. The van der Waals surface area contributed by atoms with Crippen LogP contribution in [0.4, 0.5) is 17.1 Å². The van der Waals surface area contributed by atoms with Crippen molar-refractivity contribution in [3.63, 3.8) is 0 Å². The molecular formula is C19H23N3O2. The van der Waals surface area contributed by atoms with Crippen LogP contribution in [0.1, 0.15) is 19.4 Å². The van der Waals surface area contributed by atoms with Crippen molar-refractivity contribution >= 4 is 28.9 Å². The second kappa shape index (κ2) is 8.15. The third-order valence-electron chi connectivity index (χ3n) is 3.43. The number of carbonyl (C=O) groups excluding carboxylic acids is 2. The Morgan fingerprint density at radius 2 is 1.58 bits per heavy atom. The van der Waals surface area contributed by atoms with Crippen LogP contribution in [0.3, 0.4) is 0 Å². The molecule has 0 heterocycles. The molecule has 0 aromatic heterocycles. The summed E-state index contributed by atoms with van der Waals surface area (Å²) in [4.78, 5) is 23.6. The van der Waals surface area contributed by atoms with Gasteiger partial charge in [-0.25, -0.2) is 0 Å². The first-order valence-corrected chi connectivity index (χ1v) is 7.95. The van der Waals surface area contributed by atoms with Crippen LogP contribution in [0.15, 0.2) is 48.5 Å². The van der Waals surface area contributed by atoms with Gasteiger partial charge in [-0.1, -0.05) is 26.0 Å². The molecule has 5 nitrogen and oxygen atoms in total. The van der Waals surface area contributed by atoms with Crippen LogP contribution < -0.4 is 16.0 Å². The summed E-state index contributed by atoms with van der Waals surface area (Å²) in [6, 6.07) is 14.9. The summed E-state index contributed by atoms with van der Waals surface area (Å²) in [6.07, 6.45) is 0. The molecule has 126 valence electrons. The summed E-state index contributed by atoms with van der Waals surface area (Å²) in [5.74, 6) is -0.195. The molecule has 2 rings (SSSR count). The van der Waals surface area contributed by atoms with Crippen LogP contribution in [0.2, 0.25) is 0 Å². The number of carbonyl (C=O) groups is 2. The zero-order chi connectivity index (χ0) is 17.5. The lowest BCUT2D eigenvalue weighted by Crippen LogP contribution is -2.21. The fourth-order valence-corrected chi connectivity index (χ4v) is 2.07. The SMILES string of the molecule is Cc1cccc(NC(=O)CNc2ccc(NC(=O)C(C)C)cc2)c1. The predicted octanol–water partition coefficient (Wildman–Crippen LogP) is 3.64. The van der Waals surface area contributed by atoms with E-state index in [2.05, 4.69) is 16.0 Å². The molecule has 24 heavy (non-hydrogen) atoms. The van der Waals surface area contributed by atoms with Crippen molar-refractivity contribution in [2.75, 3.05) is 22.5 Å². The first kappa shape index (κ1) is 17.5. The number of rotatable bonds is 6. The Morgan fingerprint density at radius 1 is 0.917 bits per heavy atom. The summed E-state index contributed by atoms with van der Waals surface area (Å²) in [5, 5.41) is 8.73. The fourth-order valence-electron chi connectivity index (χ4n) is 2.07. The Labute approximate surface area is 142 Å². The lowest BCUT2D eigenvalue weighted by atomic mass is 10.2. The van der Waals surface area contributed by atoms with Crippen LogP contribution in [0.5, 0.6) is 0 Å². The zero-order valence-corrected chi connectivity index (χ0v) is 14.2. The highest BCUT2D eigenvalue weighted by Gasteiger charge is 2.07. The Hall–Kier alpha value is -2.82. The summed E-state index contributed by atoms with van der Waals surface area (Å²) in [7, 11) is 0. The monoisotopic (exact) mass is 325 g/mol. The molecule has 0 aliphatic carbocycles. The highest BCUT2D eigenvalue weighted by molar-refractivity contribution is 5.94. The number of benzene rings is 2. The number of amides is 2. The van der Waals surface area contributed by atoms with Crippen LogP contribution >= 0.6 is 0 Å². The Balaban J connectivity index is 1.83. The summed E-state index contributed by atoms with van der Waals surface area (Å²) < 4.78 is 0. The third kappa shape index (κ3) is 5.43. The topological polar surface area (TPSA) is 70.2 Å². The van der Waals surface area contributed by atoms with Gasteiger partial charge < -0.3 is 16.0 Å². The molecule has 0 aliphatic rings. The molecule has 0 aliphatic heterocycles. The van der Waals surface area contributed by atoms with E-state index in [1.807, 2.05) is 57.2 Å². The molecule has 2 amide bonds. The minimum Gasteiger partial charge on any atom is -0.376 e. The first-order chi connectivity index (χ1) is 11.4. The van der Waals surface area contributed by atoms with Crippen molar-refractivity contribution in [1.29, 1.82) is 0 Å². The van der Waals surface area contributed by atoms with Gasteiger partial charge in [-0.15, -0.1) is 0 Å². The second-order valence-electron chi connectivity index (χ2n) is 5.99. The van der Waals surface area contributed by atoms with Crippen molar-refractivity contribution in [3.8, 4) is 0 Å². The van der Waals surface area contributed by atoms with Crippen LogP contribution in [-0.4, -0.2) is 18.4 Å². The molecular weight excluding hydrogens is 302 g/mol. The van der Waals surface area contributed by atoms with E-state index >= 15 is 0 Å². The van der Waals surface area contributed by atoms with Gasteiger partial charge in [0.25, 0.3) is 0 Å². The van der Waals surface area contributed by atoms with E-state index in [9.17, 15) is 9.59 Å². The number of hydrogen-bond donors (Lipinski definition) is 3. The highest BCUT2D eigenvalue weighted by Crippen LogP contribution is 2.14. The van der Waals surface area contributed by atoms with Crippen LogP contribution in [0, 0.1) is 12.8 Å². The predicted molar refractivity (Wildman–Crippen MR) is 98.2 cm³/mol. The van der Waals surface area contributed by atoms with Gasteiger partial charge in [0.05, 0.1) is 6.54 Å². The highest BCUT2D eigenvalue weighted by atomic mass is 16.2. The normalized spacial score (nSPS) is 10.3. The maximum absolute atomic E-state index is 12.0. The van der Waals surface area contributed by atoms with E-state index < -0.39 is 0 Å². The zero-order valence-electron chi connectivity index (χ0n) is 14.2. The molecule has 0 saturated heterocycles. The average Bonchev–Trinajstić information content (AvgIpc) is 2.54. The third-order valence-corrected chi connectivity index (χ3v) is 3.43. The average molecular weight is 325 g/mol. The van der Waals surface area contributed by atoms with Gasteiger partial charge in [-0.3, -0.25) is 9.59 Å². The molecule has 0 fully saturated rings. The Kier molecular flexibility index (Phi) is 5.95. The molecule has 2 aromatic rings. The van der Waals surface area contributed by atoms with Gasteiger partial charge in [0.1, 0.15) is 0 Å². The smallest absolute Gasteiger partial charge is 0.243 e. The lowest BCUT2D eigenvalue weighted by molar-refractivity contribution is -0.119. The summed E-state index contributed by atoms with van der Waals surface area (Å²) in [6.45, 7) is 5.84. The Bertz CT molecular complexity index is 709. The standard InChI is InChI=1S/C19H23N3O2/c1-13(2)19(24)22-16-9-7-15(8-10-16)20-12-18(23)21-17-6-4-5-14(3)11-17/h4-11,13,20H,12H2,1-3H3,(H,21,23)(H,22,24). The Morgan fingerprint density at radius 3 is 2.21 bits per heavy atom. The molecule has 0 saturated carbocycles. The van der Waals surface area contributed by atoms with E-state index in [0.717, 1.165) is 22.6 Å². The molecule has 0 atom stereocenters. The van der Waals surface area contributed by atoms with Crippen molar-refractivity contribution in [1.82, 2.24) is 0 Å². The van der Waals surface area contributed by atoms with E-state index in [0.29, 0.717) is 0 Å². The van der Waals surface area contributed by atoms with Gasteiger partial charge in [-0.05, 0) is 48.9 Å². The molecule has 0 radical (unpaired) electrons. The van der Waals surface area contributed by atoms with Gasteiger partial charge in [0.2, 0.25) is 11.8 Å². The van der Waals surface area contributed by atoms with Crippen molar-refractivity contribution < 1.29 is 9.59 Å². The first-order valence-electron chi connectivity index (χ1n) is 7.95. The molecule has 5 heteroatoms.